The SMILES string of the molecule is Cc1cccc(S(=O)(=O)n2c(=O)n(CC(=O)NCc3ccncc3)c3ccccc32)c1. The van der Waals surface area contributed by atoms with Gasteiger partial charge in [0.1, 0.15) is 6.54 Å². The van der Waals surface area contributed by atoms with Gasteiger partial charge in [0, 0.05) is 18.9 Å². The number of benzene rings is 2. The standard InChI is InChI=1S/C22H20N4O4S/c1-16-5-4-6-18(13-16)31(29,30)26-20-8-3-2-7-19(20)25(22(26)28)15-21(27)24-14-17-9-11-23-12-10-17/h2-13H,14-15H2,1H3,(H,24,27). The van der Waals surface area contributed by atoms with Crippen LogP contribution in [-0.4, -0.2) is 27.8 Å². The summed E-state index contributed by atoms with van der Waals surface area (Å²) >= 11 is 0. The lowest BCUT2D eigenvalue weighted by Crippen LogP contribution is -2.34. The summed E-state index contributed by atoms with van der Waals surface area (Å²) in [5.74, 6) is -0.408. The fraction of sp³-hybridized carbons (Fsp3) is 0.136. The van der Waals surface area contributed by atoms with Crippen molar-refractivity contribution in [3.63, 3.8) is 0 Å². The highest BCUT2D eigenvalue weighted by molar-refractivity contribution is 7.90. The van der Waals surface area contributed by atoms with E-state index in [1.807, 2.05) is 0 Å². The number of hydrogen-bond donors (Lipinski definition) is 1. The third kappa shape index (κ3) is 3.99. The maximum atomic E-state index is 13.3. The highest BCUT2D eigenvalue weighted by atomic mass is 32.2. The van der Waals surface area contributed by atoms with Crippen LogP contribution in [0.25, 0.3) is 11.0 Å². The Labute approximate surface area is 178 Å². The normalized spacial score (nSPS) is 11.5. The number of aromatic nitrogens is 3. The summed E-state index contributed by atoms with van der Waals surface area (Å²) < 4.78 is 28.5. The van der Waals surface area contributed by atoms with Crippen molar-refractivity contribution in [2.75, 3.05) is 0 Å². The zero-order valence-corrected chi connectivity index (χ0v) is 17.5. The van der Waals surface area contributed by atoms with Crippen molar-refractivity contribution in [3.05, 3.63) is 94.7 Å². The van der Waals surface area contributed by atoms with Crippen LogP contribution in [0.4, 0.5) is 0 Å². The first-order valence-electron chi connectivity index (χ1n) is 9.56. The Hall–Kier alpha value is -3.72. The Balaban J connectivity index is 1.72. The van der Waals surface area contributed by atoms with E-state index in [1.54, 1.807) is 67.8 Å². The lowest BCUT2D eigenvalue weighted by atomic mass is 10.2. The number of rotatable bonds is 6. The van der Waals surface area contributed by atoms with Gasteiger partial charge in [0.05, 0.1) is 15.9 Å². The van der Waals surface area contributed by atoms with E-state index in [2.05, 4.69) is 10.3 Å². The number of para-hydroxylation sites is 2. The van der Waals surface area contributed by atoms with Crippen molar-refractivity contribution in [1.82, 2.24) is 18.8 Å². The molecule has 0 aliphatic rings. The van der Waals surface area contributed by atoms with Gasteiger partial charge in [0.25, 0.3) is 10.0 Å². The van der Waals surface area contributed by atoms with Crippen LogP contribution in [0.15, 0.2) is 82.7 Å². The summed E-state index contributed by atoms with van der Waals surface area (Å²) in [6.45, 7) is 1.75. The Morgan fingerprint density at radius 2 is 1.71 bits per heavy atom. The first kappa shape index (κ1) is 20.5. The highest BCUT2D eigenvalue weighted by Crippen LogP contribution is 2.20. The molecule has 0 atom stereocenters. The molecule has 0 bridgehead atoms. The molecule has 1 N–H and O–H groups in total. The molecular weight excluding hydrogens is 416 g/mol. The van der Waals surface area contributed by atoms with E-state index < -0.39 is 21.6 Å². The van der Waals surface area contributed by atoms with E-state index in [0.717, 1.165) is 15.1 Å². The first-order valence-corrected chi connectivity index (χ1v) is 11.0. The van der Waals surface area contributed by atoms with Crippen LogP contribution in [0.1, 0.15) is 11.1 Å². The van der Waals surface area contributed by atoms with Crippen molar-refractivity contribution in [1.29, 1.82) is 0 Å². The van der Waals surface area contributed by atoms with Crippen LogP contribution in [0.3, 0.4) is 0 Å². The molecule has 1 amide bonds. The number of nitrogens with zero attached hydrogens (tertiary/aromatic N) is 3. The van der Waals surface area contributed by atoms with Gasteiger partial charge in [-0.25, -0.2) is 13.2 Å². The summed E-state index contributed by atoms with van der Waals surface area (Å²) in [7, 11) is -4.14. The molecule has 0 saturated carbocycles. The third-order valence-corrected chi connectivity index (χ3v) is 6.55. The minimum atomic E-state index is -4.14. The average Bonchev–Trinajstić information content (AvgIpc) is 3.05. The van der Waals surface area contributed by atoms with Crippen LogP contribution in [0.5, 0.6) is 0 Å². The van der Waals surface area contributed by atoms with Gasteiger partial charge in [-0.1, -0.05) is 24.3 Å². The molecule has 4 aromatic rings. The largest absolute Gasteiger partial charge is 0.350 e. The van der Waals surface area contributed by atoms with E-state index in [4.69, 9.17) is 0 Å². The molecule has 2 aromatic heterocycles. The van der Waals surface area contributed by atoms with E-state index in [1.165, 1.54) is 16.7 Å². The second-order valence-electron chi connectivity index (χ2n) is 7.08. The summed E-state index contributed by atoms with van der Waals surface area (Å²) in [6.07, 6.45) is 3.24. The van der Waals surface area contributed by atoms with Crippen molar-refractivity contribution in [2.45, 2.75) is 24.9 Å². The van der Waals surface area contributed by atoms with Gasteiger partial charge >= 0.3 is 5.69 Å². The van der Waals surface area contributed by atoms with E-state index in [9.17, 15) is 18.0 Å². The zero-order valence-electron chi connectivity index (χ0n) is 16.7. The predicted molar refractivity (Wildman–Crippen MR) is 116 cm³/mol. The highest BCUT2D eigenvalue weighted by Gasteiger charge is 2.26. The van der Waals surface area contributed by atoms with Gasteiger partial charge in [-0.15, -0.1) is 0 Å². The molecule has 0 aliphatic carbocycles. The lowest BCUT2D eigenvalue weighted by Gasteiger charge is -2.07. The van der Waals surface area contributed by atoms with Crippen molar-refractivity contribution in [2.24, 2.45) is 0 Å². The number of carbonyl (C=O) groups is 1. The Morgan fingerprint density at radius 3 is 2.42 bits per heavy atom. The van der Waals surface area contributed by atoms with Gasteiger partial charge in [-0.2, -0.15) is 3.97 Å². The quantitative estimate of drug-likeness (QED) is 0.498. The Morgan fingerprint density at radius 1 is 1.00 bits per heavy atom. The number of aryl methyl sites for hydroxylation is 1. The number of amides is 1. The first-order chi connectivity index (χ1) is 14.9. The molecule has 0 aliphatic heterocycles. The number of pyridine rings is 1. The van der Waals surface area contributed by atoms with Crippen LogP contribution in [-0.2, 0) is 27.9 Å². The van der Waals surface area contributed by atoms with Gasteiger partial charge in [-0.3, -0.25) is 14.3 Å². The molecule has 0 saturated heterocycles. The number of nitrogens with one attached hydrogen (secondary N) is 1. The van der Waals surface area contributed by atoms with Gasteiger partial charge < -0.3 is 5.32 Å². The fourth-order valence-corrected chi connectivity index (χ4v) is 4.86. The molecular formula is C22H20N4O4S. The molecule has 0 radical (unpaired) electrons. The average molecular weight is 436 g/mol. The fourth-order valence-electron chi connectivity index (χ4n) is 3.35. The summed E-state index contributed by atoms with van der Waals surface area (Å²) in [6, 6.07) is 16.4. The van der Waals surface area contributed by atoms with Crippen LogP contribution in [0, 0.1) is 6.92 Å². The Kier molecular flexibility index (Phi) is 5.43. The Bertz CT molecular complexity index is 1420. The molecule has 31 heavy (non-hydrogen) atoms. The molecule has 2 heterocycles. The summed E-state index contributed by atoms with van der Waals surface area (Å²) in [5, 5.41) is 2.74. The second-order valence-corrected chi connectivity index (χ2v) is 8.86. The summed E-state index contributed by atoms with van der Waals surface area (Å²) in [4.78, 5) is 29.6. The van der Waals surface area contributed by atoms with E-state index >= 15 is 0 Å². The van der Waals surface area contributed by atoms with Crippen LogP contribution >= 0.6 is 0 Å². The summed E-state index contributed by atoms with van der Waals surface area (Å²) in [5.41, 5.74) is 1.41. The molecule has 0 spiro atoms. The van der Waals surface area contributed by atoms with Crippen LogP contribution < -0.4 is 11.0 Å². The molecule has 2 aromatic carbocycles. The molecule has 9 heteroatoms. The van der Waals surface area contributed by atoms with Crippen LogP contribution in [0.2, 0.25) is 0 Å². The molecule has 0 fully saturated rings. The van der Waals surface area contributed by atoms with Gasteiger partial charge in [-0.05, 0) is 54.4 Å². The molecule has 0 unspecified atom stereocenters. The van der Waals surface area contributed by atoms with Crippen molar-refractivity contribution in [3.8, 4) is 0 Å². The number of fused-ring (bicyclic) bond motifs is 1. The van der Waals surface area contributed by atoms with Crippen molar-refractivity contribution >= 4 is 27.0 Å². The lowest BCUT2D eigenvalue weighted by molar-refractivity contribution is -0.121. The van der Waals surface area contributed by atoms with Crippen molar-refractivity contribution < 1.29 is 13.2 Å². The topological polar surface area (TPSA) is 103 Å². The van der Waals surface area contributed by atoms with Gasteiger partial charge in [0.2, 0.25) is 5.91 Å². The predicted octanol–water partition coefficient (Wildman–Crippen LogP) is 2.06. The van der Waals surface area contributed by atoms with E-state index in [-0.39, 0.29) is 23.5 Å². The van der Waals surface area contributed by atoms with E-state index in [0.29, 0.717) is 5.52 Å². The zero-order chi connectivity index (χ0) is 22.0. The number of carbonyl (C=O) groups excluding carboxylic acids is 1. The minimum Gasteiger partial charge on any atom is -0.350 e. The minimum absolute atomic E-state index is 0.0136. The molecule has 8 nitrogen and oxygen atoms in total. The maximum absolute atomic E-state index is 13.3. The second kappa shape index (κ2) is 8.19. The maximum Gasteiger partial charge on any atom is 0.343 e. The number of imidazole rings is 1. The number of hydrogen-bond acceptors (Lipinski definition) is 5. The third-order valence-electron chi connectivity index (χ3n) is 4.86. The smallest absolute Gasteiger partial charge is 0.343 e. The monoisotopic (exact) mass is 436 g/mol. The molecule has 158 valence electrons. The molecule has 4 rings (SSSR count). The van der Waals surface area contributed by atoms with Gasteiger partial charge in [0.15, 0.2) is 0 Å².